The predicted molar refractivity (Wildman–Crippen MR) is 70.9 cm³/mol. The molecule has 1 N–H and O–H groups in total. The number of para-hydroxylation sites is 2. The molecule has 0 aliphatic carbocycles. The summed E-state index contributed by atoms with van der Waals surface area (Å²) in [5, 5.41) is 22.7. The highest BCUT2D eigenvalue weighted by Gasteiger charge is 2.20. The average molecular weight is 263 g/mol. The van der Waals surface area contributed by atoms with E-state index in [4.69, 9.17) is 10.00 Å². The Kier molecular flexibility index (Phi) is 5.27. The van der Waals surface area contributed by atoms with Crippen molar-refractivity contribution in [3.8, 4) is 11.8 Å². The van der Waals surface area contributed by atoms with Crippen molar-refractivity contribution >= 4 is 5.69 Å². The largest absolute Gasteiger partial charge is 0.487 e. The standard InChI is InChI=1S/C13H17N3O3/c1-13(10-14,15-2)8-5-9-19-12-7-4-3-6-11(12)16(17)18/h3-4,6-7,15H,5,8-9H2,1-2H3. The third-order valence-electron chi connectivity index (χ3n) is 2.94. The summed E-state index contributed by atoms with van der Waals surface area (Å²) in [6, 6.07) is 8.44. The molecule has 6 nitrogen and oxygen atoms in total. The van der Waals surface area contributed by atoms with Crippen molar-refractivity contribution < 1.29 is 9.66 Å². The van der Waals surface area contributed by atoms with E-state index in [2.05, 4.69) is 11.4 Å². The topological polar surface area (TPSA) is 88.2 Å². The maximum Gasteiger partial charge on any atom is 0.310 e. The monoisotopic (exact) mass is 263 g/mol. The van der Waals surface area contributed by atoms with Crippen LogP contribution in [0, 0.1) is 21.4 Å². The maximum atomic E-state index is 10.8. The molecule has 0 aromatic heterocycles. The van der Waals surface area contributed by atoms with Crippen molar-refractivity contribution in [1.29, 1.82) is 5.26 Å². The fraction of sp³-hybridized carbons (Fsp3) is 0.462. The summed E-state index contributed by atoms with van der Waals surface area (Å²) in [6.45, 7) is 2.14. The van der Waals surface area contributed by atoms with E-state index in [0.29, 0.717) is 19.4 Å². The molecule has 0 amide bonds. The number of nitrogens with zero attached hydrogens (tertiary/aromatic N) is 2. The van der Waals surface area contributed by atoms with Gasteiger partial charge in [-0.3, -0.25) is 10.1 Å². The van der Waals surface area contributed by atoms with Gasteiger partial charge in [-0.05, 0) is 32.9 Å². The van der Waals surface area contributed by atoms with Gasteiger partial charge in [-0.2, -0.15) is 5.26 Å². The number of rotatable bonds is 7. The average Bonchev–Trinajstić information content (AvgIpc) is 2.43. The van der Waals surface area contributed by atoms with Gasteiger partial charge < -0.3 is 10.1 Å². The van der Waals surface area contributed by atoms with E-state index in [1.807, 2.05) is 0 Å². The Morgan fingerprint density at radius 2 is 2.21 bits per heavy atom. The first-order valence-corrected chi connectivity index (χ1v) is 5.99. The summed E-state index contributed by atoms with van der Waals surface area (Å²) < 4.78 is 5.40. The molecule has 1 atom stereocenters. The normalized spacial score (nSPS) is 13.3. The van der Waals surface area contributed by atoms with E-state index in [-0.39, 0.29) is 11.4 Å². The van der Waals surface area contributed by atoms with Crippen molar-refractivity contribution in [2.45, 2.75) is 25.3 Å². The Balaban J connectivity index is 2.51. The van der Waals surface area contributed by atoms with Gasteiger partial charge in [0.05, 0.1) is 17.6 Å². The van der Waals surface area contributed by atoms with Gasteiger partial charge in [0.2, 0.25) is 0 Å². The number of nitro groups is 1. The maximum absolute atomic E-state index is 10.8. The van der Waals surface area contributed by atoms with E-state index in [1.54, 1.807) is 32.2 Å². The van der Waals surface area contributed by atoms with Crippen LogP contribution in [0.3, 0.4) is 0 Å². The third kappa shape index (κ3) is 4.23. The molecule has 1 rings (SSSR count). The molecule has 1 unspecified atom stereocenters. The molecule has 6 heteroatoms. The van der Waals surface area contributed by atoms with Gasteiger partial charge in [0.1, 0.15) is 5.54 Å². The fourth-order valence-electron chi connectivity index (χ4n) is 1.57. The molecular formula is C13H17N3O3. The lowest BCUT2D eigenvalue weighted by atomic mass is 9.98. The van der Waals surface area contributed by atoms with E-state index in [9.17, 15) is 10.1 Å². The lowest BCUT2D eigenvalue weighted by Gasteiger charge is -2.20. The van der Waals surface area contributed by atoms with E-state index < -0.39 is 10.5 Å². The summed E-state index contributed by atoms with van der Waals surface area (Å²) in [5.74, 6) is 0.260. The van der Waals surface area contributed by atoms with Crippen molar-refractivity contribution in [2.75, 3.05) is 13.7 Å². The second-order valence-electron chi connectivity index (χ2n) is 4.37. The highest BCUT2D eigenvalue weighted by atomic mass is 16.6. The molecule has 0 aliphatic heterocycles. The predicted octanol–water partition coefficient (Wildman–Crippen LogP) is 2.26. The molecule has 0 spiro atoms. The van der Waals surface area contributed by atoms with Crippen molar-refractivity contribution in [3.63, 3.8) is 0 Å². The van der Waals surface area contributed by atoms with Gasteiger partial charge >= 0.3 is 5.69 Å². The van der Waals surface area contributed by atoms with Crippen molar-refractivity contribution in [2.24, 2.45) is 0 Å². The summed E-state index contributed by atoms with van der Waals surface area (Å²) in [5.41, 5.74) is -0.634. The minimum Gasteiger partial charge on any atom is -0.487 e. The molecule has 0 saturated carbocycles. The van der Waals surface area contributed by atoms with Crippen LogP contribution in [0.25, 0.3) is 0 Å². The molecule has 0 fully saturated rings. The zero-order chi connectivity index (χ0) is 14.3. The Morgan fingerprint density at radius 3 is 2.79 bits per heavy atom. The summed E-state index contributed by atoms with van der Waals surface area (Å²) >= 11 is 0. The van der Waals surface area contributed by atoms with Crippen LogP contribution in [0.5, 0.6) is 5.75 Å². The molecule has 0 saturated heterocycles. The number of nitro benzene ring substituents is 1. The molecule has 1 aromatic carbocycles. The summed E-state index contributed by atoms with van der Waals surface area (Å²) in [4.78, 5) is 10.3. The number of hydrogen-bond acceptors (Lipinski definition) is 5. The zero-order valence-corrected chi connectivity index (χ0v) is 11.0. The van der Waals surface area contributed by atoms with Gasteiger partial charge in [-0.15, -0.1) is 0 Å². The smallest absolute Gasteiger partial charge is 0.310 e. The highest BCUT2D eigenvalue weighted by Crippen LogP contribution is 2.26. The summed E-state index contributed by atoms with van der Waals surface area (Å²) in [7, 11) is 1.73. The van der Waals surface area contributed by atoms with Crippen molar-refractivity contribution in [1.82, 2.24) is 5.32 Å². The van der Waals surface area contributed by atoms with Crippen LogP contribution < -0.4 is 10.1 Å². The van der Waals surface area contributed by atoms with Crippen LogP contribution in [0.4, 0.5) is 5.69 Å². The highest BCUT2D eigenvalue weighted by molar-refractivity contribution is 5.45. The molecule has 102 valence electrons. The SMILES string of the molecule is CNC(C)(C#N)CCCOc1ccccc1[N+](=O)[O-]. The van der Waals surface area contributed by atoms with Crippen LogP contribution in [0.2, 0.25) is 0 Å². The Morgan fingerprint density at radius 1 is 1.53 bits per heavy atom. The second kappa shape index (κ2) is 6.71. The molecule has 19 heavy (non-hydrogen) atoms. The number of ether oxygens (including phenoxy) is 1. The molecule has 1 aromatic rings. The number of benzene rings is 1. The van der Waals surface area contributed by atoms with Gasteiger partial charge in [0.25, 0.3) is 0 Å². The van der Waals surface area contributed by atoms with E-state index in [0.717, 1.165) is 0 Å². The minimum atomic E-state index is -0.591. The zero-order valence-electron chi connectivity index (χ0n) is 11.0. The Labute approximate surface area is 112 Å². The molecular weight excluding hydrogens is 246 g/mol. The van der Waals surface area contributed by atoms with Gasteiger partial charge in [0, 0.05) is 6.07 Å². The molecule has 0 heterocycles. The Hall–Kier alpha value is -2.13. The minimum absolute atomic E-state index is 0.0424. The fourth-order valence-corrected chi connectivity index (χ4v) is 1.57. The van der Waals surface area contributed by atoms with Crippen LogP contribution in [0.15, 0.2) is 24.3 Å². The van der Waals surface area contributed by atoms with Crippen LogP contribution in [-0.2, 0) is 0 Å². The van der Waals surface area contributed by atoms with Crippen LogP contribution in [-0.4, -0.2) is 24.1 Å². The molecule has 0 aliphatic rings. The first kappa shape index (κ1) is 14.9. The van der Waals surface area contributed by atoms with Gasteiger partial charge in [-0.1, -0.05) is 12.1 Å². The number of hydrogen-bond donors (Lipinski definition) is 1. The lowest BCUT2D eigenvalue weighted by Crippen LogP contribution is -2.38. The number of nitriles is 1. The quantitative estimate of drug-likeness (QED) is 0.463. The molecule has 0 bridgehead atoms. The van der Waals surface area contributed by atoms with Gasteiger partial charge in [0.15, 0.2) is 5.75 Å². The van der Waals surface area contributed by atoms with E-state index in [1.165, 1.54) is 6.07 Å². The lowest BCUT2D eigenvalue weighted by molar-refractivity contribution is -0.385. The van der Waals surface area contributed by atoms with E-state index >= 15 is 0 Å². The third-order valence-corrected chi connectivity index (χ3v) is 2.94. The second-order valence-corrected chi connectivity index (χ2v) is 4.37. The Bertz CT molecular complexity index is 484. The van der Waals surface area contributed by atoms with Gasteiger partial charge in [-0.25, -0.2) is 0 Å². The first-order valence-electron chi connectivity index (χ1n) is 5.99. The summed E-state index contributed by atoms with van der Waals surface area (Å²) in [6.07, 6.45) is 1.25. The first-order chi connectivity index (χ1) is 9.02. The molecule has 0 radical (unpaired) electrons. The van der Waals surface area contributed by atoms with Crippen LogP contribution >= 0.6 is 0 Å². The van der Waals surface area contributed by atoms with Crippen LogP contribution in [0.1, 0.15) is 19.8 Å². The van der Waals surface area contributed by atoms with Crippen molar-refractivity contribution in [3.05, 3.63) is 34.4 Å². The number of nitrogens with one attached hydrogen (secondary N) is 1.